The summed E-state index contributed by atoms with van der Waals surface area (Å²) in [5, 5.41) is 45.6. The summed E-state index contributed by atoms with van der Waals surface area (Å²) >= 11 is 0. The normalized spacial score (nSPS) is 14.2. The van der Waals surface area contributed by atoms with Crippen molar-refractivity contribution in [3.05, 3.63) is 298 Å². The van der Waals surface area contributed by atoms with Crippen LogP contribution in [0.3, 0.4) is 0 Å². The van der Waals surface area contributed by atoms with Crippen LogP contribution >= 0.6 is 0 Å². The average molecular weight is 1900 g/mol. The third-order valence-corrected chi connectivity index (χ3v) is 27.1. The van der Waals surface area contributed by atoms with Gasteiger partial charge in [-0.3, -0.25) is 24.7 Å². The number of methoxy groups -OCH3 is 1. The lowest BCUT2D eigenvalue weighted by Crippen LogP contribution is -2.35. The van der Waals surface area contributed by atoms with E-state index in [0.29, 0.717) is 49.7 Å². The summed E-state index contributed by atoms with van der Waals surface area (Å²) in [7, 11) is 1.58. The van der Waals surface area contributed by atoms with Gasteiger partial charge in [0.1, 0.15) is 29.1 Å². The molecule has 0 unspecified atom stereocenters. The molecule has 4 aromatic heterocycles. The molecule has 0 spiro atoms. The Morgan fingerprint density at radius 1 is 0.352 bits per heavy atom. The van der Waals surface area contributed by atoms with Crippen LogP contribution in [0, 0.1) is 20.8 Å². The average Bonchev–Trinajstić information content (AvgIpc) is 0.729. The van der Waals surface area contributed by atoms with Crippen LogP contribution in [0.1, 0.15) is 182 Å². The van der Waals surface area contributed by atoms with Crippen molar-refractivity contribution in [2.45, 2.75) is 189 Å². The number of Topliss-reactive ketones (excluding diaryl/α,β-unsaturated/α-hetero) is 1. The lowest BCUT2D eigenvalue weighted by atomic mass is 9.83. The van der Waals surface area contributed by atoms with Gasteiger partial charge in [0.2, 0.25) is 0 Å². The molecular weight excluding hydrogens is 1780 g/mol. The molecule has 0 amide bonds. The number of carboxylic acid groups (broad SMARTS) is 3. The molecule has 21 rings (SSSR count). The smallest absolute Gasteiger partial charge is 0.337 e. The first-order chi connectivity index (χ1) is 68.2. The predicted octanol–water partition coefficient (Wildman–Crippen LogP) is 26.7. The fourth-order valence-electron chi connectivity index (χ4n) is 21.3. The zero-order chi connectivity index (χ0) is 100.0. The molecule has 726 valence electrons. The van der Waals surface area contributed by atoms with E-state index in [4.69, 9.17) is 67.3 Å². The molecule has 8 heterocycles. The Morgan fingerprint density at radius 2 is 0.648 bits per heavy atom. The number of aliphatic carboxylic acids is 3. The molecule has 21 nitrogen and oxygen atoms in total. The maximum absolute atomic E-state index is 13.3. The quantitative estimate of drug-likeness (QED) is 0.0425. The van der Waals surface area contributed by atoms with E-state index < -0.39 is 64.7 Å². The molecule has 21 heteroatoms. The van der Waals surface area contributed by atoms with Gasteiger partial charge in [0.15, 0.2) is 24.1 Å². The number of aromatic nitrogens is 4. The highest BCUT2D eigenvalue weighted by Gasteiger charge is 2.40. The molecule has 17 aromatic rings. The van der Waals surface area contributed by atoms with Gasteiger partial charge in [-0.25, -0.2) is 14.4 Å². The molecule has 0 saturated carbocycles. The lowest BCUT2D eigenvalue weighted by molar-refractivity contribution is -0.168. The second kappa shape index (κ2) is 40.4. The highest BCUT2D eigenvalue weighted by molar-refractivity contribution is 6.20. The van der Waals surface area contributed by atoms with Crippen LogP contribution in [-0.2, 0) is 73.3 Å². The van der Waals surface area contributed by atoms with Crippen molar-refractivity contribution in [3.63, 3.8) is 0 Å². The number of pyridine rings is 4. The van der Waals surface area contributed by atoms with Gasteiger partial charge in [0.05, 0.1) is 84.1 Å². The molecule has 4 atom stereocenters. The number of nitrogens with zero attached hydrogens (tertiary/aromatic N) is 4. The Hall–Kier alpha value is -14.2. The van der Waals surface area contributed by atoms with E-state index in [-0.39, 0.29) is 19.0 Å². The molecular formula is C121H120N4O17. The summed E-state index contributed by atoms with van der Waals surface area (Å²) in [6, 6.07) is 71.3. The monoisotopic (exact) mass is 1900 g/mol. The molecule has 0 saturated heterocycles. The minimum absolute atomic E-state index is 0.0226. The summed E-state index contributed by atoms with van der Waals surface area (Å²) in [6.45, 7) is 32.4. The summed E-state index contributed by atoms with van der Waals surface area (Å²) in [4.78, 5) is 70.6. The number of benzene rings is 13. The Labute approximate surface area is 826 Å². The summed E-state index contributed by atoms with van der Waals surface area (Å²) < 4.78 is 60.1. The number of hydrogen-bond donors (Lipinski definition) is 3. The number of hydrogen-bond acceptors (Lipinski definition) is 18. The van der Waals surface area contributed by atoms with Gasteiger partial charge in [-0.05, 0) is 291 Å². The number of aryl methyl sites for hydroxylation is 3. The number of ether oxygens (including phenoxy) is 10. The first-order valence-corrected chi connectivity index (χ1v) is 48.9. The second-order valence-corrected chi connectivity index (χ2v) is 39.9. The summed E-state index contributed by atoms with van der Waals surface area (Å²) in [5.74, 6) is 0.203. The van der Waals surface area contributed by atoms with Gasteiger partial charge in [-0.15, -0.1) is 0 Å². The van der Waals surface area contributed by atoms with E-state index in [1.54, 1.807) is 14.0 Å². The van der Waals surface area contributed by atoms with Crippen molar-refractivity contribution in [1.29, 1.82) is 0 Å². The number of carbonyl (C=O) groups is 4. The molecule has 4 aliphatic rings. The van der Waals surface area contributed by atoms with Crippen molar-refractivity contribution >= 4 is 121 Å². The van der Waals surface area contributed by atoms with Gasteiger partial charge in [0.25, 0.3) is 0 Å². The Balaban J connectivity index is 0.000000125. The highest BCUT2D eigenvalue weighted by atomic mass is 16.6. The fourth-order valence-corrected chi connectivity index (χ4v) is 21.3. The van der Waals surface area contributed by atoms with Crippen molar-refractivity contribution in [2.75, 3.05) is 53.4 Å². The van der Waals surface area contributed by atoms with Crippen molar-refractivity contribution < 1.29 is 81.9 Å². The van der Waals surface area contributed by atoms with E-state index in [0.717, 1.165) is 226 Å². The number of carbonyl (C=O) groups excluding carboxylic acids is 1. The van der Waals surface area contributed by atoms with Gasteiger partial charge in [-0.2, -0.15) is 0 Å². The third kappa shape index (κ3) is 19.4. The molecule has 142 heavy (non-hydrogen) atoms. The Bertz CT molecular complexity index is 7570. The number of fused-ring (bicyclic) bond motifs is 6. The highest BCUT2D eigenvalue weighted by Crippen LogP contribution is 2.53. The van der Waals surface area contributed by atoms with Crippen LogP contribution in [0.4, 0.5) is 0 Å². The first-order valence-electron chi connectivity index (χ1n) is 48.9. The standard InChI is InChI=1S/C32H29NO3.C30H31NO5.C30H31NO4.C29H29NO5/c1-19(34)31(36-32(2,3)4)29-24-12-8-6-10-22(24)21-9-5-7-11-23(21)28(29)25-13-14-26-27-20(16-18-35-26)15-17-33-30(25)27;1-5-34-17-30(3,4)36-28(29(32)33)24-18(2)16-20-8-6-7-9-21(20)26(24)22-10-11-23-25-19(13-15-35-23)12-14-31-27(22)25;1-5-14-30(3,4)35-28(29(32)33)24-18(2)17-20-8-6-7-9-21(20)26(24)22-10-11-23-25-19(13-16-34-23)12-15-31-27(22)25;1-17-15-19-7-5-6-8-20(19)25(23(17)27(28(31)32)35-29(2,3)16-33-4)21-9-10-22-24-18(12-14-34-22)11-13-30-26(21)24/h5-15,17,31H,16,18H2,1-4H3;6-12,14,16,28H,5,13,15,17H2,1-4H3,(H,32,33);6-12,15,17,28H,5,13-14,16H2,1-4H3,(H,32,33);5-11,13,15,27H,12,14,16H2,1-4H3,(H,31,32)/t31-;2*28-;27-/m1000/s1. The molecule has 3 N–H and O–H groups in total. The second-order valence-electron chi connectivity index (χ2n) is 39.9. The summed E-state index contributed by atoms with van der Waals surface area (Å²) in [6.07, 6.45) is 8.10. The molecule has 13 aromatic carbocycles. The lowest BCUT2D eigenvalue weighted by Gasteiger charge is -2.31. The SMILES string of the molecule is CC(=O)[C@@H](OC(C)(C)C)c1c(-c2ccc3c4c(ccnc24)CCO3)c2ccccc2c2ccccc12.CCCC(C)(C)O[C@H](C(=O)O)c1c(C)cc2ccccc2c1-c1ccc2c3c(ccnc13)CCO2.CCOCC(C)(C)O[C@H](C(=O)O)c1c(C)cc2ccccc2c1-c1ccc2c3c(ccnc13)CCO2.COCC(C)(C)O[C@H](C(=O)O)c1c(C)cc2ccccc2c1-c1ccc2c3c(ccnc13)CCO2. The van der Waals surface area contributed by atoms with E-state index in [1.165, 1.54) is 22.3 Å². The first kappa shape index (κ1) is 98.0. The van der Waals surface area contributed by atoms with E-state index in [1.807, 2.05) is 260 Å². The van der Waals surface area contributed by atoms with E-state index in [2.05, 4.69) is 73.7 Å². The molecule has 0 aliphatic carbocycles. The maximum atomic E-state index is 13.3. The van der Waals surface area contributed by atoms with Gasteiger partial charge >= 0.3 is 17.9 Å². The molecule has 4 aliphatic heterocycles. The topological polar surface area (TPSA) is 273 Å². The Kier molecular flexibility index (Phi) is 27.9. The number of rotatable bonds is 26. The minimum Gasteiger partial charge on any atom is -0.493 e. The molecule has 0 bridgehead atoms. The zero-order valence-electron chi connectivity index (χ0n) is 83.4. The van der Waals surface area contributed by atoms with E-state index in [9.17, 15) is 34.5 Å². The minimum atomic E-state index is -1.19. The largest absolute Gasteiger partial charge is 0.493 e. The van der Waals surface area contributed by atoms with E-state index >= 15 is 0 Å². The van der Waals surface area contributed by atoms with Crippen molar-refractivity contribution in [1.82, 2.24) is 19.9 Å². The van der Waals surface area contributed by atoms with Crippen molar-refractivity contribution in [2.24, 2.45) is 0 Å². The Morgan fingerprint density at radius 3 is 0.958 bits per heavy atom. The van der Waals surface area contributed by atoms with Crippen LogP contribution in [0.25, 0.3) is 142 Å². The third-order valence-electron chi connectivity index (χ3n) is 27.1. The van der Waals surface area contributed by atoms with Gasteiger partial charge in [-0.1, -0.05) is 153 Å². The maximum Gasteiger partial charge on any atom is 0.337 e. The van der Waals surface area contributed by atoms with Crippen LogP contribution in [0.2, 0.25) is 0 Å². The molecule has 0 fully saturated rings. The molecule has 0 radical (unpaired) electrons. The van der Waals surface area contributed by atoms with Crippen molar-refractivity contribution in [3.8, 4) is 67.5 Å². The van der Waals surface area contributed by atoms with Crippen LogP contribution in [-0.4, -0.2) is 135 Å². The number of carboxylic acids is 3. The zero-order valence-corrected chi connectivity index (χ0v) is 83.4. The predicted molar refractivity (Wildman–Crippen MR) is 561 cm³/mol. The summed E-state index contributed by atoms with van der Waals surface area (Å²) in [5.41, 5.74) is 18.0. The van der Waals surface area contributed by atoms with Crippen LogP contribution in [0.15, 0.2) is 237 Å². The van der Waals surface area contributed by atoms with Crippen LogP contribution in [0.5, 0.6) is 23.0 Å². The van der Waals surface area contributed by atoms with Gasteiger partial charge in [0, 0.05) is 130 Å². The fraction of sp³-hybridized carbons (Fsp3) is 0.306. The van der Waals surface area contributed by atoms with Gasteiger partial charge < -0.3 is 62.7 Å². The van der Waals surface area contributed by atoms with Crippen LogP contribution < -0.4 is 18.9 Å². The number of ketones is 1.